The molecule has 4 aromatic carbocycles. The first-order valence-corrected chi connectivity index (χ1v) is 25.7. The fourth-order valence-electron chi connectivity index (χ4n) is 8.14. The van der Waals surface area contributed by atoms with E-state index < -0.39 is 13.9 Å². The van der Waals surface area contributed by atoms with E-state index in [0.717, 1.165) is 70.3 Å². The number of aromatic hydroxyl groups is 1. The molecule has 1 aromatic heterocycles. The number of aromatic nitrogens is 1. The summed E-state index contributed by atoms with van der Waals surface area (Å²) in [6, 6.07) is 31.3. The van der Waals surface area contributed by atoms with Crippen LogP contribution in [0.3, 0.4) is 0 Å². The summed E-state index contributed by atoms with van der Waals surface area (Å²) >= 11 is 0. The van der Waals surface area contributed by atoms with E-state index in [1.165, 1.54) is 6.07 Å². The minimum Gasteiger partial charge on any atom is -0.506 e. The van der Waals surface area contributed by atoms with E-state index in [4.69, 9.17) is 14.9 Å². The number of H-pyrrole nitrogens is 1. The molecule has 0 spiro atoms. The van der Waals surface area contributed by atoms with Crippen molar-refractivity contribution in [1.82, 2.24) is 10.3 Å². The molecule has 2 amide bonds. The van der Waals surface area contributed by atoms with Crippen LogP contribution in [-0.2, 0) is 26.9 Å². The molecule has 1 heterocycles. The lowest BCUT2D eigenvalue weighted by atomic mass is 9.89. The van der Waals surface area contributed by atoms with Gasteiger partial charge >= 0.3 is 6.09 Å². The Bertz CT molecular complexity index is 2430. The molecule has 1 saturated carbocycles. The topological polar surface area (TPSA) is 150 Å². The minimum atomic E-state index is -2.23. The third kappa shape index (κ3) is 12.1. The molecule has 5 aromatic rings. The van der Waals surface area contributed by atoms with Crippen molar-refractivity contribution in [3.05, 3.63) is 124 Å². The first kappa shape index (κ1) is 48.2. The summed E-state index contributed by atoms with van der Waals surface area (Å²) in [5.74, 6) is 0.0419. The monoisotopic (exact) mass is 888 g/mol. The molecule has 1 atom stereocenters. The number of nitrogens with zero attached hydrogens (tertiary/aromatic N) is 2. The van der Waals surface area contributed by atoms with Crippen molar-refractivity contribution in [2.45, 2.75) is 135 Å². The molecule has 0 unspecified atom stereocenters. The van der Waals surface area contributed by atoms with E-state index in [0.29, 0.717) is 37.9 Å². The van der Waals surface area contributed by atoms with Crippen molar-refractivity contribution in [2.24, 2.45) is 5.73 Å². The van der Waals surface area contributed by atoms with Crippen molar-refractivity contribution < 1.29 is 23.9 Å². The van der Waals surface area contributed by atoms with Gasteiger partial charge in [0.2, 0.25) is 11.5 Å². The maximum Gasteiger partial charge on any atom is 0.415 e. The number of phenolic OH excluding ortho intramolecular Hbond substituents is 1. The molecule has 1 aliphatic rings. The summed E-state index contributed by atoms with van der Waals surface area (Å²) in [5, 5.41) is 14.9. The Kier molecular flexibility index (Phi) is 15.3. The summed E-state index contributed by atoms with van der Waals surface area (Å²) in [6.45, 7) is 17.8. The van der Waals surface area contributed by atoms with Crippen LogP contribution < -0.4 is 26.4 Å². The van der Waals surface area contributed by atoms with Gasteiger partial charge in [-0.15, -0.1) is 0 Å². The summed E-state index contributed by atoms with van der Waals surface area (Å²) in [6.07, 6.45) is 4.28. The fraction of sp³-hybridized carbons (Fsp3) is 0.442. The van der Waals surface area contributed by atoms with Crippen LogP contribution in [0.5, 0.6) is 5.75 Å². The van der Waals surface area contributed by atoms with Gasteiger partial charge in [-0.2, -0.15) is 0 Å². The SMILES string of the molecule is CN(C(=O)CCCc1ccc(-c2ccccc2)c(N(C(=O)OC(C)(C)C)C2CCC(N)CC2)c1)c1ccc(CNC[C@H](O[Si](C)(C)C(C)(C)C)c2ccc(O)c3[nH]c(=O)ccc23)cc1. The summed E-state index contributed by atoms with van der Waals surface area (Å²) < 4.78 is 13.0. The largest absolute Gasteiger partial charge is 0.506 e. The number of benzene rings is 4. The summed E-state index contributed by atoms with van der Waals surface area (Å²) in [4.78, 5) is 46.1. The molecule has 0 bridgehead atoms. The molecule has 0 radical (unpaired) electrons. The number of aryl methyl sites for hydroxylation is 1. The Hall–Kier alpha value is -5.27. The maximum atomic E-state index is 14.0. The van der Waals surface area contributed by atoms with E-state index >= 15 is 0 Å². The van der Waals surface area contributed by atoms with Gasteiger partial charge in [0.1, 0.15) is 11.4 Å². The van der Waals surface area contributed by atoms with E-state index in [2.05, 4.69) is 74.5 Å². The Balaban J connectivity index is 1.11. The Morgan fingerprint density at radius 3 is 2.22 bits per heavy atom. The predicted octanol–water partition coefficient (Wildman–Crippen LogP) is 10.8. The van der Waals surface area contributed by atoms with Crippen LogP contribution in [0.15, 0.2) is 102 Å². The predicted molar refractivity (Wildman–Crippen MR) is 263 cm³/mol. The Labute approximate surface area is 380 Å². The number of hydrogen-bond acceptors (Lipinski definition) is 8. The van der Waals surface area contributed by atoms with Gasteiger partial charge in [0.25, 0.3) is 0 Å². The lowest BCUT2D eigenvalue weighted by Gasteiger charge is -2.39. The van der Waals surface area contributed by atoms with Gasteiger partial charge < -0.3 is 35.2 Å². The molecule has 0 aliphatic heterocycles. The molecule has 0 saturated heterocycles. The second-order valence-corrected chi connectivity index (χ2v) is 24.6. The Morgan fingerprint density at radius 2 is 1.56 bits per heavy atom. The number of fused-ring (bicyclic) bond motifs is 1. The highest BCUT2D eigenvalue weighted by Gasteiger charge is 2.40. The van der Waals surface area contributed by atoms with Gasteiger partial charge in [-0.1, -0.05) is 81.4 Å². The molecule has 64 heavy (non-hydrogen) atoms. The number of amides is 2. The van der Waals surface area contributed by atoms with Crippen molar-refractivity contribution >= 4 is 42.6 Å². The first-order chi connectivity index (χ1) is 30.2. The number of hydrogen-bond donors (Lipinski definition) is 4. The molecular formula is C52H69N5O6Si. The van der Waals surface area contributed by atoms with Gasteiger partial charge in [-0.25, -0.2) is 4.79 Å². The normalized spacial score (nSPS) is 16.3. The highest BCUT2D eigenvalue weighted by atomic mass is 28.4. The van der Waals surface area contributed by atoms with Crippen molar-refractivity contribution in [2.75, 3.05) is 23.4 Å². The van der Waals surface area contributed by atoms with E-state index in [1.54, 1.807) is 17.0 Å². The molecule has 12 heteroatoms. The number of nitrogens with one attached hydrogen (secondary N) is 2. The van der Waals surface area contributed by atoms with Gasteiger partial charge in [0.05, 0.1) is 17.3 Å². The average molecular weight is 888 g/mol. The van der Waals surface area contributed by atoms with Crippen molar-refractivity contribution in [1.29, 1.82) is 0 Å². The fourth-order valence-corrected chi connectivity index (χ4v) is 9.41. The van der Waals surface area contributed by atoms with Crippen LogP contribution in [0.25, 0.3) is 22.0 Å². The summed E-state index contributed by atoms with van der Waals surface area (Å²) in [5.41, 5.74) is 12.4. The van der Waals surface area contributed by atoms with Gasteiger partial charge in [-0.3, -0.25) is 14.5 Å². The van der Waals surface area contributed by atoms with Crippen LogP contribution in [0.2, 0.25) is 18.1 Å². The molecule has 342 valence electrons. The quantitative estimate of drug-likeness (QED) is 0.0759. The van der Waals surface area contributed by atoms with Gasteiger partial charge in [-0.05, 0) is 130 Å². The van der Waals surface area contributed by atoms with Crippen LogP contribution in [0.1, 0.15) is 103 Å². The Morgan fingerprint density at radius 1 is 0.891 bits per heavy atom. The smallest absolute Gasteiger partial charge is 0.415 e. The van der Waals surface area contributed by atoms with E-state index in [-0.39, 0.29) is 46.5 Å². The first-order valence-electron chi connectivity index (χ1n) is 22.8. The minimum absolute atomic E-state index is 0.0197. The molecule has 1 fully saturated rings. The van der Waals surface area contributed by atoms with Gasteiger partial charge in [0, 0.05) is 61.3 Å². The number of carbonyl (C=O) groups is 2. The second-order valence-electron chi connectivity index (χ2n) is 19.9. The third-order valence-corrected chi connectivity index (χ3v) is 17.3. The maximum absolute atomic E-state index is 14.0. The number of rotatable bonds is 15. The van der Waals surface area contributed by atoms with Crippen molar-refractivity contribution in [3.63, 3.8) is 0 Å². The second kappa shape index (κ2) is 20.3. The van der Waals surface area contributed by atoms with Crippen LogP contribution in [0.4, 0.5) is 16.2 Å². The number of phenols is 1. The van der Waals surface area contributed by atoms with Crippen LogP contribution >= 0.6 is 0 Å². The van der Waals surface area contributed by atoms with Crippen LogP contribution in [0, 0.1) is 0 Å². The number of nitrogens with two attached hydrogens (primary N) is 1. The van der Waals surface area contributed by atoms with E-state index in [9.17, 15) is 19.5 Å². The number of ether oxygens (including phenoxy) is 1. The van der Waals surface area contributed by atoms with E-state index in [1.807, 2.05) is 81.2 Å². The molecule has 5 N–H and O–H groups in total. The van der Waals surface area contributed by atoms with Crippen molar-refractivity contribution in [3.8, 4) is 16.9 Å². The zero-order valence-corrected chi connectivity index (χ0v) is 40.3. The average Bonchev–Trinajstić information content (AvgIpc) is 3.24. The lowest BCUT2D eigenvalue weighted by Crippen LogP contribution is -2.46. The zero-order chi connectivity index (χ0) is 46.4. The number of aromatic amines is 1. The summed E-state index contributed by atoms with van der Waals surface area (Å²) in [7, 11) is -0.414. The molecular weight excluding hydrogens is 819 g/mol. The number of pyridine rings is 1. The zero-order valence-electron chi connectivity index (χ0n) is 39.3. The number of anilines is 2. The molecule has 1 aliphatic carbocycles. The number of carbonyl (C=O) groups excluding carboxylic acids is 2. The standard InChI is InChI=1S/C52H69N5O6Si/c1-51(2,3)62-50(61)57(40-25-21-38(53)22-26-40)44-32-35(20-27-41(44)37-15-11-10-12-16-37)14-13-17-48(60)56(7)39-23-18-36(19-24-39)33-54-34-46(63-64(8,9)52(4,5)6)42-28-30-45(58)49-43(42)29-31-47(59)55-49/h10-12,15-16,18-20,23-24,27-32,38,40,46,54,58H,13-14,17,21-22,25-26,33-34,53H2,1-9H3,(H,55,59)/t38?,40?,46-/m0/s1. The lowest BCUT2D eigenvalue weighted by molar-refractivity contribution is -0.118. The molecule has 6 rings (SSSR count). The highest BCUT2D eigenvalue weighted by Crippen LogP contribution is 2.42. The third-order valence-electron chi connectivity index (χ3n) is 12.8. The van der Waals surface area contributed by atoms with Crippen LogP contribution in [-0.4, -0.2) is 61.7 Å². The van der Waals surface area contributed by atoms with Gasteiger partial charge in [0.15, 0.2) is 8.32 Å². The highest BCUT2D eigenvalue weighted by molar-refractivity contribution is 6.74. The molecule has 11 nitrogen and oxygen atoms in total.